The predicted molar refractivity (Wildman–Crippen MR) is 157 cm³/mol. The van der Waals surface area contributed by atoms with Crippen LogP contribution >= 0.6 is 0 Å². The Kier molecular flexibility index (Phi) is 6.96. The van der Waals surface area contributed by atoms with Crippen molar-refractivity contribution in [1.29, 1.82) is 0 Å². The Bertz CT molecular complexity index is 1090. The quantitative estimate of drug-likeness (QED) is 0.348. The van der Waals surface area contributed by atoms with Gasteiger partial charge in [-0.2, -0.15) is 0 Å². The van der Waals surface area contributed by atoms with E-state index in [1.807, 2.05) is 6.92 Å². The Morgan fingerprint density at radius 3 is 2.32 bits per heavy atom. The zero-order valence-electron chi connectivity index (χ0n) is 25.4. The van der Waals surface area contributed by atoms with Crippen LogP contribution in [0.1, 0.15) is 142 Å². The standard InChI is InChI=1S/C35H54O3/c1-21(2)25-11-14-34(8,37)35(38)15-10-23(17-29(25)35)16-24-18-31-32(5,6)12-9-13-33(31,7)28-20-30(36)26(22(3)4)19-27(24)28/h17,19-22,24-25,29,31,36-38H,9-16,18H2,1-8H3/t24-,25+,29+,31+,33-,34+,35+/m1/s1. The highest BCUT2D eigenvalue weighted by Gasteiger charge is 2.58. The normalized spacial score (nSPS) is 40.4. The molecule has 0 heterocycles. The van der Waals surface area contributed by atoms with Crippen LogP contribution in [0.5, 0.6) is 5.75 Å². The van der Waals surface area contributed by atoms with E-state index in [1.165, 1.54) is 42.4 Å². The smallest absolute Gasteiger partial charge is 0.119 e. The SMILES string of the molecule is CC(C)c1cc2c(cc1O)[C@@]1(C)CCCC(C)(C)[C@@H]1C[C@H]2CC1=C[C@H]2[C@H](C(C)C)CC[C@](C)(O)[C@]2(O)CC1. The highest BCUT2D eigenvalue weighted by molar-refractivity contribution is 5.51. The Labute approximate surface area is 232 Å². The summed E-state index contributed by atoms with van der Waals surface area (Å²) in [5, 5.41) is 34.3. The average molecular weight is 523 g/mol. The first-order valence-corrected chi connectivity index (χ1v) is 15.6. The van der Waals surface area contributed by atoms with E-state index in [0.717, 1.165) is 24.8 Å². The second-order valence-corrected chi connectivity index (χ2v) is 15.6. The third kappa shape index (κ3) is 4.30. The third-order valence-electron chi connectivity index (χ3n) is 12.1. The van der Waals surface area contributed by atoms with Gasteiger partial charge in [-0.25, -0.2) is 0 Å². The van der Waals surface area contributed by atoms with Gasteiger partial charge in [0, 0.05) is 5.92 Å². The van der Waals surface area contributed by atoms with E-state index >= 15 is 0 Å². The first kappa shape index (κ1) is 28.2. The molecule has 7 atom stereocenters. The maximum Gasteiger partial charge on any atom is 0.119 e. The number of phenols is 1. The van der Waals surface area contributed by atoms with Crippen molar-refractivity contribution in [3.63, 3.8) is 0 Å². The van der Waals surface area contributed by atoms with Crippen molar-refractivity contribution in [3.05, 3.63) is 40.5 Å². The number of aliphatic hydroxyl groups is 2. The molecule has 3 heteroatoms. The van der Waals surface area contributed by atoms with Crippen LogP contribution in [-0.2, 0) is 5.41 Å². The number of rotatable bonds is 4. The molecule has 0 bridgehead atoms. The van der Waals surface area contributed by atoms with Crippen molar-refractivity contribution in [3.8, 4) is 5.75 Å². The molecule has 4 aliphatic rings. The molecule has 38 heavy (non-hydrogen) atoms. The van der Waals surface area contributed by atoms with E-state index in [4.69, 9.17) is 0 Å². The number of fused-ring (bicyclic) bond motifs is 4. The molecule has 0 unspecified atom stereocenters. The van der Waals surface area contributed by atoms with Gasteiger partial charge in [0.2, 0.25) is 0 Å². The third-order valence-corrected chi connectivity index (χ3v) is 12.1. The van der Waals surface area contributed by atoms with Crippen LogP contribution in [0.4, 0.5) is 0 Å². The Balaban J connectivity index is 1.57. The molecule has 0 aliphatic heterocycles. The van der Waals surface area contributed by atoms with Gasteiger partial charge in [-0.15, -0.1) is 0 Å². The number of aromatic hydroxyl groups is 1. The van der Waals surface area contributed by atoms with Crippen molar-refractivity contribution >= 4 is 0 Å². The number of benzene rings is 1. The van der Waals surface area contributed by atoms with E-state index in [0.29, 0.717) is 42.3 Å². The minimum Gasteiger partial charge on any atom is -0.508 e. The molecular weight excluding hydrogens is 468 g/mol. The molecule has 0 aromatic heterocycles. The second-order valence-electron chi connectivity index (χ2n) is 15.6. The van der Waals surface area contributed by atoms with Gasteiger partial charge in [0.15, 0.2) is 0 Å². The van der Waals surface area contributed by atoms with Gasteiger partial charge < -0.3 is 15.3 Å². The lowest BCUT2D eigenvalue weighted by Gasteiger charge is -2.57. The van der Waals surface area contributed by atoms with E-state index < -0.39 is 11.2 Å². The molecule has 0 radical (unpaired) electrons. The van der Waals surface area contributed by atoms with Gasteiger partial charge in [-0.1, -0.05) is 72.6 Å². The van der Waals surface area contributed by atoms with Crippen molar-refractivity contribution < 1.29 is 15.3 Å². The summed E-state index contributed by atoms with van der Waals surface area (Å²) in [6, 6.07) is 4.50. The highest BCUT2D eigenvalue weighted by atomic mass is 16.4. The molecule has 0 saturated heterocycles. The summed E-state index contributed by atoms with van der Waals surface area (Å²) < 4.78 is 0. The van der Waals surface area contributed by atoms with Crippen molar-refractivity contribution in [1.82, 2.24) is 0 Å². The molecule has 3 N–H and O–H groups in total. The van der Waals surface area contributed by atoms with Crippen LogP contribution in [0, 0.1) is 29.1 Å². The molecule has 1 aromatic carbocycles. The molecule has 5 rings (SSSR count). The molecule has 2 saturated carbocycles. The summed E-state index contributed by atoms with van der Waals surface area (Å²) in [6.45, 7) is 18.2. The molecule has 2 fully saturated rings. The summed E-state index contributed by atoms with van der Waals surface area (Å²) in [6.07, 6.45) is 11.5. The van der Waals surface area contributed by atoms with Crippen LogP contribution in [0.15, 0.2) is 23.8 Å². The van der Waals surface area contributed by atoms with Gasteiger partial charge >= 0.3 is 0 Å². The lowest BCUT2D eigenvalue weighted by Crippen LogP contribution is -2.63. The van der Waals surface area contributed by atoms with E-state index in [2.05, 4.69) is 66.7 Å². The second kappa shape index (κ2) is 9.37. The molecule has 1 aromatic rings. The summed E-state index contributed by atoms with van der Waals surface area (Å²) in [7, 11) is 0. The summed E-state index contributed by atoms with van der Waals surface area (Å²) in [4.78, 5) is 0. The number of hydrogen-bond donors (Lipinski definition) is 3. The van der Waals surface area contributed by atoms with Gasteiger partial charge in [-0.3, -0.25) is 0 Å². The Hall–Kier alpha value is -1.32. The van der Waals surface area contributed by atoms with Gasteiger partial charge in [0.1, 0.15) is 5.75 Å². The van der Waals surface area contributed by atoms with E-state index in [9.17, 15) is 15.3 Å². The summed E-state index contributed by atoms with van der Waals surface area (Å²) >= 11 is 0. The van der Waals surface area contributed by atoms with Crippen LogP contribution in [0.2, 0.25) is 0 Å². The van der Waals surface area contributed by atoms with E-state index in [-0.39, 0.29) is 22.7 Å². The van der Waals surface area contributed by atoms with E-state index in [1.54, 1.807) is 0 Å². The fraction of sp³-hybridized carbons (Fsp3) is 0.771. The van der Waals surface area contributed by atoms with Crippen LogP contribution in [-0.4, -0.2) is 26.5 Å². The Morgan fingerprint density at radius 2 is 1.66 bits per heavy atom. The number of allylic oxidation sites excluding steroid dienone is 1. The number of hydrogen-bond acceptors (Lipinski definition) is 3. The van der Waals surface area contributed by atoms with Crippen molar-refractivity contribution in [2.45, 2.75) is 142 Å². The summed E-state index contributed by atoms with van der Waals surface area (Å²) in [5.74, 6) is 2.67. The van der Waals surface area contributed by atoms with Crippen LogP contribution in [0.25, 0.3) is 0 Å². The molecule has 3 nitrogen and oxygen atoms in total. The molecule has 212 valence electrons. The van der Waals surface area contributed by atoms with Gasteiger partial charge in [0.05, 0.1) is 11.2 Å². The molecular formula is C35H54O3. The minimum absolute atomic E-state index is 0.0143. The van der Waals surface area contributed by atoms with Gasteiger partial charge in [0.25, 0.3) is 0 Å². The molecule has 0 amide bonds. The zero-order chi connectivity index (χ0) is 27.8. The Morgan fingerprint density at radius 1 is 0.947 bits per heavy atom. The van der Waals surface area contributed by atoms with Crippen molar-refractivity contribution in [2.24, 2.45) is 29.1 Å². The average Bonchev–Trinajstić information content (AvgIpc) is 2.80. The first-order chi connectivity index (χ1) is 17.6. The fourth-order valence-corrected chi connectivity index (χ4v) is 9.72. The highest BCUT2D eigenvalue weighted by Crippen LogP contribution is 2.62. The lowest BCUT2D eigenvalue weighted by atomic mass is 9.48. The van der Waals surface area contributed by atoms with Gasteiger partial charge in [-0.05, 0) is 121 Å². The maximum atomic E-state index is 11.9. The van der Waals surface area contributed by atoms with Crippen LogP contribution < -0.4 is 0 Å². The fourth-order valence-electron chi connectivity index (χ4n) is 9.72. The predicted octanol–water partition coefficient (Wildman–Crippen LogP) is 8.36. The summed E-state index contributed by atoms with van der Waals surface area (Å²) in [5.41, 5.74) is 3.71. The lowest BCUT2D eigenvalue weighted by molar-refractivity contribution is -0.208. The first-order valence-electron chi connectivity index (χ1n) is 15.6. The topological polar surface area (TPSA) is 60.7 Å². The monoisotopic (exact) mass is 522 g/mol. The number of phenolic OH excluding ortho intramolecular Hbond substituents is 1. The molecule has 0 spiro atoms. The van der Waals surface area contributed by atoms with Crippen LogP contribution in [0.3, 0.4) is 0 Å². The molecule has 4 aliphatic carbocycles. The maximum absolute atomic E-state index is 11.9. The van der Waals surface area contributed by atoms with Crippen molar-refractivity contribution in [2.75, 3.05) is 0 Å². The largest absolute Gasteiger partial charge is 0.508 e. The zero-order valence-corrected chi connectivity index (χ0v) is 25.4. The minimum atomic E-state index is -1.03.